The Kier molecular flexibility index (Phi) is 10.2. The van der Waals surface area contributed by atoms with Crippen LogP contribution in [0.3, 0.4) is 0 Å². The zero-order chi connectivity index (χ0) is 34.0. The second-order valence-electron chi connectivity index (χ2n) is 12.6. The van der Waals surface area contributed by atoms with Crippen LogP contribution in [0.25, 0.3) is 33.6 Å². The number of carbonyl (C=O) groups is 1. The third-order valence-electron chi connectivity index (χ3n) is 8.97. The Hall–Kier alpha value is -3.80. The molecule has 0 bridgehead atoms. The second-order valence-corrected chi connectivity index (χ2v) is 13.4. The van der Waals surface area contributed by atoms with Crippen molar-refractivity contribution in [1.82, 2.24) is 25.9 Å². The molecule has 12 heteroatoms. The van der Waals surface area contributed by atoms with Gasteiger partial charge in [-0.05, 0) is 50.5 Å². The summed E-state index contributed by atoms with van der Waals surface area (Å²) in [7, 11) is 3.07. The van der Waals surface area contributed by atoms with Crippen LogP contribution in [0.4, 0.5) is 4.39 Å². The molecule has 0 unspecified atom stereocenters. The molecule has 2 fully saturated rings. The van der Waals surface area contributed by atoms with Crippen molar-refractivity contribution in [3.63, 3.8) is 0 Å². The lowest BCUT2D eigenvalue weighted by atomic mass is 9.77. The highest BCUT2D eigenvalue weighted by atomic mass is 35.5. The minimum Gasteiger partial charge on any atom is -0.496 e. The summed E-state index contributed by atoms with van der Waals surface area (Å²) in [6.45, 7) is 3.24. The zero-order valence-corrected chi connectivity index (χ0v) is 28.5. The number of hydrogen-bond acceptors (Lipinski definition) is 8. The van der Waals surface area contributed by atoms with Gasteiger partial charge >= 0.3 is 0 Å². The predicted molar refractivity (Wildman–Crippen MR) is 185 cm³/mol. The van der Waals surface area contributed by atoms with E-state index in [2.05, 4.69) is 20.9 Å². The Morgan fingerprint density at radius 1 is 1.04 bits per heavy atom. The van der Waals surface area contributed by atoms with Crippen LogP contribution in [0.2, 0.25) is 10.0 Å². The summed E-state index contributed by atoms with van der Waals surface area (Å²) in [5, 5.41) is 20.4. The van der Waals surface area contributed by atoms with E-state index in [1.165, 1.54) is 13.2 Å². The summed E-state index contributed by atoms with van der Waals surface area (Å²) in [5.41, 5.74) is 4.04. The number of ether oxygens (including phenoxy) is 2. The molecule has 2 aliphatic rings. The number of nitrogens with zero attached hydrogens (tertiary/aromatic N) is 2. The summed E-state index contributed by atoms with van der Waals surface area (Å²) in [5.74, 6) is 0.475. The Balaban J connectivity index is 1.24. The monoisotopic (exact) mass is 693 g/mol. The van der Waals surface area contributed by atoms with Crippen LogP contribution in [0.1, 0.15) is 43.7 Å². The number of hydrogen-bond donors (Lipinski definition) is 4. The number of aromatic nitrogens is 2. The van der Waals surface area contributed by atoms with Crippen LogP contribution in [0.15, 0.2) is 54.7 Å². The van der Waals surface area contributed by atoms with E-state index in [0.29, 0.717) is 93.2 Å². The number of pyridine rings is 2. The quantitative estimate of drug-likeness (QED) is 0.136. The smallest absolute Gasteiger partial charge is 0.220 e. The van der Waals surface area contributed by atoms with Gasteiger partial charge in [0.25, 0.3) is 0 Å². The molecular weight excluding hydrogens is 656 g/mol. The fraction of sp³-hybridized carbons (Fsp3) is 0.361. The van der Waals surface area contributed by atoms with Crippen molar-refractivity contribution in [2.75, 3.05) is 20.8 Å². The van der Waals surface area contributed by atoms with Gasteiger partial charge in [0.05, 0.1) is 41.3 Å². The highest BCUT2D eigenvalue weighted by Crippen LogP contribution is 2.42. The normalized spacial score (nSPS) is 20.4. The molecule has 4 aromatic rings. The van der Waals surface area contributed by atoms with Crippen molar-refractivity contribution >= 4 is 29.1 Å². The summed E-state index contributed by atoms with van der Waals surface area (Å²) in [6, 6.07) is 14.6. The maximum absolute atomic E-state index is 15.5. The minimum absolute atomic E-state index is 0.0852. The Bertz CT molecular complexity index is 1830. The van der Waals surface area contributed by atoms with Crippen LogP contribution < -0.4 is 25.4 Å². The molecule has 0 radical (unpaired) electrons. The van der Waals surface area contributed by atoms with Crippen molar-refractivity contribution in [3.05, 3.63) is 81.7 Å². The minimum atomic E-state index is -0.678. The fourth-order valence-corrected chi connectivity index (χ4v) is 7.07. The van der Waals surface area contributed by atoms with Gasteiger partial charge in [0.2, 0.25) is 11.8 Å². The van der Waals surface area contributed by atoms with E-state index >= 15 is 4.39 Å². The van der Waals surface area contributed by atoms with Crippen molar-refractivity contribution in [3.8, 4) is 45.3 Å². The predicted octanol–water partition coefficient (Wildman–Crippen LogP) is 6.31. The molecule has 9 nitrogen and oxygen atoms in total. The molecule has 48 heavy (non-hydrogen) atoms. The van der Waals surface area contributed by atoms with Crippen LogP contribution in [-0.4, -0.2) is 59.4 Å². The summed E-state index contributed by atoms with van der Waals surface area (Å²) < 4.78 is 26.7. The van der Waals surface area contributed by atoms with Gasteiger partial charge in [0.1, 0.15) is 11.6 Å². The van der Waals surface area contributed by atoms with E-state index in [4.69, 9.17) is 37.7 Å². The number of amides is 1. The molecule has 1 aliphatic carbocycles. The lowest BCUT2D eigenvalue weighted by molar-refractivity contribution is -0.119. The molecule has 1 saturated carbocycles. The molecular formula is C36H38Cl2FN5O4. The molecule has 4 N–H and O–H groups in total. The topological polar surface area (TPSA) is 118 Å². The first-order valence-corrected chi connectivity index (χ1v) is 16.6. The first kappa shape index (κ1) is 34.1. The highest BCUT2D eigenvalue weighted by Gasteiger charge is 2.38. The largest absolute Gasteiger partial charge is 0.496 e. The van der Waals surface area contributed by atoms with E-state index in [1.54, 1.807) is 32.4 Å². The lowest BCUT2D eigenvalue weighted by Crippen LogP contribution is -2.51. The summed E-state index contributed by atoms with van der Waals surface area (Å²) in [6.07, 6.45) is 4.21. The van der Waals surface area contributed by atoms with Gasteiger partial charge in [-0.2, -0.15) is 0 Å². The molecule has 252 valence electrons. The number of carbonyl (C=O) groups excluding carboxylic acids is 1. The van der Waals surface area contributed by atoms with E-state index < -0.39 is 11.4 Å². The average molecular weight is 695 g/mol. The molecule has 0 spiro atoms. The number of rotatable bonds is 12. The number of methoxy groups -OCH3 is 2. The van der Waals surface area contributed by atoms with Crippen LogP contribution in [0, 0.1) is 5.82 Å². The third-order valence-corrected chi connectivity index (χ3v) is 9.76. The second kappa shape index (κ2) is 14.4. The maximum atomic E-state index is 15.5. The Morgan fingerprint density at radius 2 is 1.81 bits per heavy atom. The molecule has 1 aliphatic heterocycles. The average Bonchev–Trinajstić information content (AvgIpc) is 3.48. The molecule has 6 rings (SSSR count). The molecule has 1 amide bonds. The van der Waals surface area contributed by atoms with Crippen LogP contribution in [-0.2, 0) is 17.9 Å². The first-order chi connectivity index (χ1) is 23.1. The maximum Gasteiger partial charge on any atom is 0.220 e. The van der Waals surface area contributed by atoms with Crippen molar-refractivity contribution in [2.24, 2.45) is 0 Å². The van der Waals surface area contributed by atoms with Crippen molar-refractivity contribution in [1.29, 1.82) is 0 Å². The molecule has 2 aromatic heterocycles. The molecule has 1 atom stereocenters. The Morgan fingerprint density at radius 3 is 2.52 bits per heavy atom. The van der Waals surface area contributed by atoms with Gasteiger partial charge in [-0.25, -0.2) is 9.37 Å². The fourth-order valence-electron chi connectivity index (χ4n) is 6.43. The van der Waals surface area contributed by atoms with Crippen molar-refractivity contribution in [2.45, 2.75) is 63.4 Å². The van der Waals surface area contributed by atoms with Gasteiger partial charge in [0, 0.05) is 77.7 Å². The molecule has 1 saturated heterocycles. The summed E-state index contributed by atoms with van der Waals surface area (Å²) in [4.78, 5) is 20.7. The van der Waals surface area contributed by atoms with E-state index in [1.807, 2.05) is 30.3 Å². The number of halogens is 3. The third kappa shape index (κ3) is 7.28. The lowest BCUT2D eigenvalue weighted by Gasteiger charge is -2.41. The van der Waals surface area contributed by atoms with Gasteiger partial charge in [0.15, 0.2) is 0 Å². The van der Waals surface area contributed by atoms with Gasteiger partial charge in [-0.15, -0.1) is 0 Å². The highest BCUT2D eigenvalue weighted by molar-refractivity contribution is 6.39. The van der Waals surface area contributed by atoms with Crippen LogP contribution >= 0.6 is 23.2 Å². The van der Waals surface area contributed by atoms with E-state index in [9.17, 15) is 9.90 Å². The molecule has 3 heterocycles. The van der Waals surface area contributed by atoms with Crippen molar-refractivity contribution < 1.29 is 23.8 Å². The van der Waals surface area contributed by atoms with Gasteiger partial charge < -0.3 is 30.5 Å². The zero-order valence-electron chi connectivity index (χ0n) is 27.0. The number of nitrogens with one attached hydrogen (secondary N) is 3. The van der Waals surface area contributed by atoms with E-state index in [0.717, 1.165) is 12.0 Å². The number of benzene rings is 2. The SMILES string of the molecule is COc1cc(-c2nccc(-c3cccc(-c4ccc(CNC[C@@H]5CCC(=O)N5)c(OC)n4)c3Cl)c2Cl)cc(F)c1CN[C@H]1C[C@](C)(O)C1. The van der Waals surface area contributed by atoms with E-state index in [-0.39, 0.29) is 24.5 Å². The number of aliphatic hydroxyl groups is 1. The first-order valence-electron chi connectivity index (χ1n) is 15.9. The summed E-state index contributed by atoms with van der Waals surface area (Å²) >= 11 is 14.0. The molecule has 2 aromatic carbocycles. The standard InChI is InChI=1S/C36H38Cl2FN5O4/c1-36(46)15-23(16-36)42-19-27-28(39)13-21(14-30(27)47-2)34-33(38)25(11-12-41-34)24-5-4-6-26(32(24)37)29-9-7-20(35(44-29)48-3)17-40-18-22-8-10-31(45)43-22/h4-7,9,11-14,22-23,40,42,46H,8,10,15-19H2,1-3H3,(H,43,45)/t22-,23-,36-/m0/s1. The van der Waals surface area contributed by atoms with Crippen LogP contribution in [0.5, 0.6) is 11.6 Å². The Labute approximate surface area is 289 Å². The van der Waals surface area contributed by atoms with Gasteiger partial charge in [-0.3, -0.25) is 9.78 Å². The van der Waals surface area contributed by atoms with Gasteiger partial charge in [-0.1, -0.05) is 47.5 Å².